The van der Waals surface area contributed by atoms with Gasteiger partial charge in [-0.05, 0) is 46.1 Å². The fourth-order valence-electron chi connectivity index (χ4n) is 2.08. The molecular weight excluding hydrogens is 172 g/mol. The van der Waals surface area contributed by atoms with Crippen LogP contribution in [0.2, 0.25) is 0 Å². The lowest BCUT2D eigenvalue weighted by atomic mass is 9.95. The van der Waals surface area contributed by atoms with Gasteiger partial charge < -0.3 is 0 Å². The van der Waals surface area contributed by atoms with Crippen LogP contribution >= 0.6 is 0 Å². The highest BCUT2D eigenvalue weighted by atomic mass is 15.3. The molecular formula is C12H18N2. The van der Waals surface area contributed by atoms with E-state index in [1.807, 2.05) is 6.20 Å². The minimum Gasteiger partial charge on any atom is -0.260 e. The Morgan fingerprint density at radius 2 is 2.07 bits per heavy atom. The van der Waals surface area contributed by atoms with Gasteiger partial charge in [-0.15, -0.1) is 0 Å². The molecule has 0 radical (unpaired) electrons. The van der Waals surface area contributed by atoms with Gasteiger partial charge in [-0.1, -0.05) is 11.6 Å². The lowest BCUT2D eigenvalue weighted by Crippen LogP contribution is -2.29. The molecule has 0 spiro atoms. The summed E-state index contributed by atoms with van der Waals surface area (Å²) in [6.45, 7) is 8.82. The van der Waals surface area contributed by atoms with Gasteiger partial charge in [0.25, 0.3) is 0 Å². The summed E-state index contributed by atoms with van der Waals surface area (Å²) in [5.74, 6) is 0. The van der Waals surface area contributed by atoms with Crippen LogP contribution in [0.25, 0.3) is 0 Å². The van der Waals surface area contributed by atoms with E-state index in [0.717, 1.165) is 12.8 Å². The Morgan fingerprint density at radius 3 is 2.79 bits per heavy atom. The molecule has 1 aliphatic heterocycles. The Bertz CT molecular complexity index is 383. The number of allylic oxidation sites excluding steroid dienone is 2. The van der Waals surface area contributed by atoms with Crippen molar-refractivity contribution in [3.63, 3.8) is 0 Å². The number of nitrogens with zero attached hydrogens (tertiary/aromatic N) is 2. The van der Waals surface area contributed by atoms with Crippen LogP contribution in [0.3, 0.4) is 0 Å². The second-order valence-electron chi connectivity index (χ2n) is 4.67. The standard InChI is InChI=1S/C12H18N2/c1-9-8-13-14-11(9)7-5-6-10(2)12(14,3)4/h6,8H,5,7H2,1-4H3. The SMILES string of the molecule is CC1=CCCc2c(C)cnn2C1(C)C. The Kier molecular flexibility index (Phi) is 2.02. The van der Waals surface area contributed by atoms with Crippen molar-refractivity contribution < 1.29 is 0 Å². The molecule has 0 N–H and O–H groups in total. The molecule has 0 bridgehead atoms. The molecule has 2 nitrogen and oxygen atoms in total. The molecule has 0 saturated heterocycles. The highest BCUT2D eigenvalue weighted by Crippen LogP contribution is 2.30. The normalized spacial score (nSPS) is 19.9. The predicted octanol–water partition coefficient (Wildman–Crippen LogP) is 2.82. The average molecular weight is 190 g/mol. The van der Waals surface area contributed by atoms with Crippen molar-refractivity contribution in [2.24, 2.45) is 0 Å². The first kappa shape index (κ1) is 9.50. The van der Waals surface area contributed by atoms with Gasteiger partial charge in [0.2, 0.25) is 0 Å². The Hall–Kier alpha value is -1.05. The van der Waals surface area contributed by atoms with E-state index in [9.17, 15) is 0 Å². The number of fused-ring (bicyclic) bond motifs is 1. The van der Waals surface area contributed by atoms with Crippen molar-refractivity contribution in [1.82, 2.24) is 9.78 Å². The number of aromatic nitrogens is 2. The van der Waals surface area contributed by atoms with Crippen molar-refractivity contribution in [2.45, 2.75) is 46.1 Å². The highest BCUT2D eigenvalue weighted by Gasteiger charge is 2.27. The molecule has 0 aromatic carbocycles. The molecule has 0 fully saturated rings. The molecule has 14 heavy (non-hydrogen) atoms. The summed E-state index contributed by atoms with van der Waals surface area (Å²) in [5.41, 5.74) is 4.17. The maximum Gasteiger partial charge on any atom is 0.0780 e. The van der Waals surface area contributed by atoms with E-state index in [2.05, 4.69) is 43.6 Å². The smallest absolute Gasteiger partial charge is 0.0780 e. The zero-order valence-electron chi connectivity index (χ0n) is 9.46. The molecule has 2 heterocycles. The van der Waals surface area contributed by atoms with Gasteiger partial charge in [-0.2, -0.15) is 5.10 Å². The van der Waals surface area contributed by atoms with Crippen LogP contribution in [0.15, 0.2) is 17.8 Å². The van der Waals surface area contributed by atoms with Crippen molar-refractivity contribution in [3.05, 3.63) is 29.1 Å². The molecule has 0 amide bonds. The lowest BCUT2D eigenvalue weighted by Gasteiger charge is -2.27. The molecule has 1 aromatic heterocycles. The van der Waals surface area contributed by atoms with E-state index in [-0.39, 0.29) is 5.54 Å². The third-order valence-corrected chi connectivity index (χ3v) is 3.40. The summed E-state index contributed by atoms with van der Waals surface area (Å²) in [5, 5.41) is 4.50. The van der Waals surface area contributed by atoms with Crippen molar-refractivity contribution in [1.29, 1.82) is 0 Å². The van der Waals surface area contributed by atoms with Crippen LogP contribution in [0.4, 0.5) is 0 Å². The molecule has 0 aliphatic carbocycles. The zero-order valence-corrected chi connectivity index (χ0v) is 9.46. The summed E-state index contributed by atoms with van der Waals surface area (Å²) in [6.07, 6.45) is 6.58. The third-order valence-electron chi connectivity index (χ3n) is 3.40. The quantitative estimate of drug-likeness (QED) is 0.575. The number of aryl methyl sites for hydroxylation is 1. The summed E-state index contributed by atoms with van der Waals surface area (Å²) in [4.78, 5) is 0. The van der Waals surface area contributed by atoms with Gasteiger partial charge in [0, 0.05) is 5.69 Å². The van der Waals surface area contributed by atoms with Crippen LogP contribution in [-0.2, 0) is 12.0 Å². The highest BCUT2D eigenvalue weighted by molar-refractivity contribution is 5.25. The van der Waals surface area contributed by atoms with Crippen molar-refractivity contribution >= 4 is 0 Å². The Labute approximate surface area is 85.6 Å². The van der Waals surface area contributed by atoms with Crippen LogP contribution in [0.5, 0.6) is 0 Å². The summed E-state index contributed by atoms with van der Waals surface area (Å²) >= 11 is 0. The second kappa shape index (κ2) is 2.97. The zero-order chi connectivity index (χ0) is 10.3. The number of rotatable bonds is 0. The fourth-order valence-corrected chi connectivity index (χ4v) is 2.08. The Balaban J connectivity index is 2.60. The van der Waals surface area contributed by atoms with E-state index in [0.29, 0.717) is 0 Å². The topological polar surface area (TPSA) is 17.8 Å². The maximum atomic E-state index is 4.50. The first-order valence-electron chi connectivity index (χ1n) is 5.24. The monoisotopic (exact) mass is 190 g/mol. The first-order valence-corrected chi connectivity index (χ1v) is 5.24. The largest absolute Gasteiger partial charge is 0.260 e. The summed E-state index contributed by atoms with van der Waals surface area (Å²) in [6, 6.07) is 0. The third kappa shape index (κ3) is 1.21. The van der Waals surface area contributed by atoms with Crippen LogP contribution in [0.1, 0.15) is 38.4 Å². The van der Waals surface area contributed by atoms with E-state index >= 15 is 0 Å². The number of hydrogen-bond acceptors (Lipinski definition) is 1. The minimum atomic E-state index is 0.0418. The van der Waals surface area contributed by atoms with Gasteiger partial charge in [0.1, 0.15) is 0 Å². The average Bonchev–Trinajstić information content (AvgIpc) is 2.43. The van der Waals surface area contributed by atoms with Gasteiger partial charge in [0.05, 0.1) is 11.7 Å². The predicted molar refractivity (Wildman–Crippen MR) is 58.4 cm³/mol. The molecule has 1 aliphatic rings. The Morgan fingerprint density at radius 1 is 1.36 bits per heavy atom. The molecule has 0 saturated carbocycles. The van der Waals surface area contributed by atoms with Crippen LogP contribution in [-0.4, -0.2) is 9.78 Å². The van der Waals surface area contributed by atoms with Gasteiger partial charge >= 0.3 is 0 Å². The molecule has 2 heteroatoms. The molecule has 2 rings (SSSR count). The van der Waals surface area contributed by atoms with Crippen LogP contribution in [0, 0.1) is 6.92 Å². The van der Waals surface area contributed by atoms with Gasteiger partial charge in [-0.25, -0.2) is 0 Å². The van der Waals surface area contributed by atoms with E-state index in [1.165, 1.54) is 16.8 Å². The molecule has 76 valence electrons. The fraction of sp³-hybridized carbons (Fsp3) is 0.583. The van der Waals surface area contributed by atoms with E-state index in [4.69, 9.17) is 0 Å². The minimum absolute atomic E-state index is 0.0418. The summed E-state index contributed by atoms with van der Waals surface area (Å²) in [7, 11) is 0. The molecule has 1 aromatic rings. The molecule has 0 unspecified atom stereocenters. The second-order valence-corrected chi connectivity index (χ2v) is 4.67. The van der Waals surface area contributed by atoms with E-state index < -0.39 is 0 Å². The summed E-state index contributed by atoms with van der Waals surface area (Å²) < 4.78 is 2.18. The lowest BCUT2D eigenvalue weighted by molar-refractivity contribution is 0.374. The van der Waals surface area contributed by atoms with Gasteiger partial charge in [-0.3, -0.25) is 4.68 Å². The van der Waals surface area contributed by atoms with E-state index in [1.54, 1.807) is 0 Å². The number of hydrogen-bond donors (Lipinski definition) is 0. The van der Waals surface area contributed by atoms with Crippen molar-refractivity contribution in [2.75, 3.05) is 0 Å². The van der Waals surface area contributed by atoms with Gasteiger partial charge in [0.15, 0.2) is 0 Å². The van der Waals surface area contributed by atoms with Crippen LogP contribution < -0.4 is 0 Å². The van der Waals surface area contributed by atoms with Crippen molar-refractivity contribution in [3.8, 4) is 0 Å². The first-order chi connectivity index (χ1) is 6.53. The molecule has 0 atom stereocenters. The maximum absolute atomic E-state index is 4.50.